The Labute approximate surface area is 170 Å². The summed E-state index contributed by atoms with van der Waals surface area (Å²) in [6.07, 6.45) is 0.651. The van der Waals surface area contributed by atoms with Crippen LogP contribution in [0.3, 0.4) is 0 Å². The molecule has 0 amide bonds. The first-order valence-corrected chi connectivity index (χ1v) is 8.25. The number of guanidine groups is 1. The molecular weight excluding hydrogens is 449 g/mol. The summed E-state index contributed by atoms with van der Waals surface area (Å²) in [6.45, 7) is 4.36. The molecule has 0 radical (unpaired) electrons. The largest absolute Gasteiger partial charge is 0.486 e. The van der Waals surface area contributed by atoms with Gasteiger partial charge in [-0.3, -0.25) is 4.99 Å². The third-order valence-electron chi connectivity index (χ3n) is 3.79. The van der Waals surface area contributed by atoms with Gasteiger partial charge < -0.3 is 24.2 Å². The Balaban J connectivity index is 0.00000243. The third kappa shape index (κ3) is 5.23. The molecule has 0 atom stereocenters. The van der Waals surface area contributed by atoms with E-state index < -0.39 is 0 Å². The van der Waals surface area contributed by atoms with E-state index in [1.165, 1.54) is 0 Å². The molecular formula is C17H24IN5O3. The molecule has 2 aromatic rings. The van der Waals surface area contributed by atoms with Crippen LogP contribution in [0.1, 0.15) is 17.3 Å². The van der Waals surface area contributed by atoms with E-state index in [-0.39, 0.29) is 24.0 Å². The predicted octanol–water partition coefficient (Wildman–Crippen LogP) is 2.02. The number of rotatable bonds is 5. The standard InChI is InChI=1S/C17H23N5O3.HI/c1-12-20-16(25-21-12)6-7-19-17(18-2)22(3)11-13-4-5-14-15(10-13)24-9-8-23-14;/h4-5,10H,6-9,11H2,1-3H3,(H,18,19);1H. The molecule has 2 heterocycles. The zero-order valence-electron chi connectivity index (χ0n) is 15.2. The predicted molar refractivity (Wildman–Crippen MR) is 108 cm³/mol. The summed E-state index contributed by atoms with van der Waals surface area (Å²) in [7, 11) is 3.75. The quantitative estimate of drug-likeness (QED) is 0.404. The van der Waals surface area contributed by atoms with E-state index in [9.17, 15) is 0 Å². The van der Waals surface area contributed by atoms with Crippen molar-refractivity contribution in [1.82, 2.24) is 20.4 Å². The van der Waals surface area contributed by atoms with Crippen molar-refractivity contribution in [3.63, 3.8) is 0 Å². The van der Waals surface area contributed by atoms with E-state index in [2.05, 4.69) is 20.4 Å². The summed E-state index contributed by atoms with van der Waals surface area (Å²) in [6, 6.07) is 6.00. The first-order chi connectivity index (χ1) is 12.2. The topological polar surface area (TPSA) is 85.0 Å². The lowest BCUT2D eigenvalue weighted by molar-refractivity contribution is 0.171. The number of benzene rings is 1. The molecule has 0 unspecified atom stereocenters. The van der Waals surface area contributed by atoms with Crippen molar-refractivity contribution >= 4 is 29.9 Å². The van der Waals surface area contributed by atoms with E-state index in [1.807, 2.05) is 30.1 Å². The van der Waals surface area contributed by atoms with Gasteiger partial charge >= 0.3 is 0 Å². The first-order valence-electron chi connectivity index (χ1n) is 8.25. The smallest absolute Gasteiger partial charge is 0.228 e. The second-order valence-electron chi connectivity index (χ2n) is 5.79. The zero-order valence-corrected chi connectivity index (χ0v) is 17.5. The molecule has 0 saturated carbocycles. The van der Waals surface area contributed by atoms with Crippen molar-refractivity contribution in [2.75, 3.05) is 33.9 Å². The molecule has 1 aromatic carbocycles. The maximum atomic E-state index is 5.64. The lowest BCUT2D eigenvalue weighted by Gasteiger charge is -2.23. The minimum absolute atomic E-state index is 0. The van der Waals surface area contributed by atoms with Gasteiger partial charge in [0.2, 0.25) is 5.89 Å². The Bertz CT molecular complexity index is 750. The molecule has 9 heteroatoms. The van der Waals surface area contributed by atoms with Gasteiger partial charge in [0.15, 0.2) is 23.3 Å². The van der Waals surface area contributed by atoms with E-state index in [0.717, 1.165) is 23.0 Å². The van der Waals surface area contributed by atoms with Gasteiger partial charge in [-0.05, 0) is 24.6 Å². The first kappa shape index (κ1) is 20.3. The monoisotopic (exact) mass is 473 g/mol. The number of hydrogen-bond acceptors (Lipinski definition) is 6. The van der Waals surface area contributed by atoms with Gasteiger partial charge in [0.25, 0.3) is 0 Å². The van der Waals surface area contributed by atoms with Crippen LogP contribution in [0.4, 0.5) is 0 Å². The molecule has 142 valence electrons. The van der Waals surface area contributed by atoms with Gasteiger partial charge in [0.05, 0.1) is 0 Å². The van der Waals surface area contributed by atoms with Crippen LogP contribution in [0.5, 0.6) is 11.5 Å². The van der Waals surface area contributed by atoms with Crippen LogP contribution in [0.15, 0.2) is 27.7 Å². The van der Waals surface area contributed by atoms with Gasteiger partial charge in [-0.25, -0.2) is 0 Å². The average Bonchev–Trinajstić information content (AvgIpc) is 3.03. The Morgan fingerprint density at radius 3 is 2.73 bits per heavy atom. The van der Waals surface area contributed by atoms with Crippen LogP contribution in [0.2, 0.25) is 0 Å². The van der Waals surface area contributed by atoms with Crippen LogP contribution >= 0.6 is 24.0 Å². The lowest BCUT2D eigenvalue weighted by Crippen LogP contribution is -2.39. The van der Waals surface area contributed by atoms with Crippen LogP contribution in [0, 0.1) is 6.92 Å². The normalized spacial score (nSPS) is 13.1. The van der Waals surface area contributed by atoms with Crippen molar-refractivity contribution in [3.05, 3.63) is 35.5 Å². The van der Waals surface area contributed by atoms with Crippen LogP contribution in [-0.4, -0.2) is 54.9 Å². The summed E-state index contributed by atoms with van der Waals surface area (Å²) >= 11 is 0. The number of hydrogen-bond donors (Lipinski definition) is 1. The van der Waals surface area contributed by atoms with Crippen molar-refractivity contribution in [2.24, 2.45) is 4.99 Å². The molecule has 3 rings (SSSR count). The molecule has 0 aliphatic carbocycles. The molecule has 1 aromatic heterocycles. The highest BCUT2D eigenvalue weighted by Crippen LogP contribution is 2.30. The molecule has 26 heavy (non-hydrogen) atoms. The average molecular weight is 473 g/mol. The Morgan fingerprint density at radius 1 is 1.27 bits per heavy atom. The Morgan fingerprint density at radius 2 is 2.04 bits per heavy atom. The number of aromatic nitrogens is 2. The molecule has 1 aliphatic heterocycles. The molecule has 0 spiro atoms. The number of aliphatic imine (C=N–C) groups is 1. The zero-order chi connectivity index (χ0) is 17.6. The Kier molecular flexibility index (Phi) is 7.49. The third-order valence-corrected chi connectivity index (χ3v) is 3.79. The fourth-order valence-corrected chi connectivity index (χ4v) is 2.64. The van der Waals surface area contributed by atoms with Crippen molar-refractivity contribution in [2.45, 2.75) is 19.9 Å². The molecule has 0 bridgehead atoms. The summed E-state index contributed by atoms with van der Waals surface area (Å²) in [5.74, 6) is 3.66. The van der Waals surface area contributed by atoms with Gasteiger partial charge in [-0.15, -0.1) is 24.0 Å². The van der Waals surface area contributed by atoms with E-state index in [1.54, 1.807) is 14.0 Å². The van der Waals surface area contributed by atoms with E-state index in [0.29, 0.717) is 44.4 Å². The SMILES string of the molecule is CN=C(NCCc1nc(C)no1)N(C)Cc1ccc2c(c1)OCCO2.I. The fraction of sp³-hybridized carbons (Fsp3) is 0.471. The second kappa shape index (κ2) is 9.60. The van der Waals surface area contributed by atoms with Crippen molar-refractivity contribution in [1.29, 1.82) is 0 Å². The molecule has 1 aliphatic rings. The van der Waals surface area contributed by atoms with E-state index in [4.69, 9.17) is 14.0 Å². The summed E-state index contributed by atoms with van der Waals surface area (Å²) in [5, 5.41) is 7.09. The molecule has 8 nitrogen and oxygen atoms in total. The molecule has 0 fully saturated rings. The van der Waals surface area contributed by atoms with Gasteiger partial charge in [0, 0.05) is 33.6 Å². The maximum absolute atomic E-state index is 5.64. The highest BCUT2D eigenvalue weighted by Gasteiger charge is 2.13. The van der Waals surface area contributed by atoms with Crippen molar-refractivity contribution in [3.8, 4) is 11.5 Å². The second-order valence-corrected chi connectivity index (χ2v) is 5.79. The maximum Gasteiger partial charge on any atom is 0.228 e. The van der Waals surface area contributed by atoms with Crippen molar-refractivity contribution < 1.29 is 14.0 Å². The summed E-state index contributed by atoms with van der Waals surface area (Å²) in [5.41, 5.74) is 1.13. The van der Waals surface area contributed by atoms with Gasteiger partial charge in [-0.2, -0.15) is 4.98 Å². The summed E-state index contributed by atoms with van der Waals surface area (Å²) in [4.78, 5) is 10.6. The number of nitrogens with one attached hydrogen (secondary N) is 1. The minimum atomic E-state index is 0. The number of nitrogens with zero attached hydrogens (tertiary/aromatic N) is 4. The number of fused-ring (bicyclic) bond motifs is 1. The van der Waals surface area contributed by atoms with Crippen LogP contribution < -0.4 is 14.8 Å². The molecule has 0 saturated heterocycles. The van der Waals surface area contributed by atoms with E-state index >= 15 is 0 Å². The minimum Gasteiger partial charge on any atom is -0.486 e. The van der Waals surface area contributed by atoms with Crippen LogP contribution in [0.25, 0.3) is 0 Å². The number of ether oxygens (including phenoxy) is 2. The number of aryl methyl sites for hydroxylation is 1. The summed E-state index contributed by atoms with van der Waals surface area (Å²) < 4.78 is 16.3. The number of halogens is 1. The highest BCUT2D eigenvalue weighted by atomic mass is 127. The fourth-order valence-electron chi connectivity index (χ4n) is 2.64. The lowest BCUT2D eigenvalue weighted by atomic mass is 10.2. The highest BCUT2D eigenvalue weighted by molar-refractivity contribution is 14.0. The van der Waals surface area contributed by atoms with Crippen LogP contribution in [-0.2, 0) is 13.0 Å². The molecule has 1 N–H and O–H groups in total. The van der Waals surface area contributed by atoms with Gasteiger partial charge in [-0.1, -0.05) is 11.2 Å². The Hall–Kier alpha value is -2.04. The van der Waals surface area contributed by atoms with Gasteiger partial charge in [0.1, 0.15) is 13.2 Å².